The van der Waals surface area contributed by atoms with Crippen LogP contribution in [0.15, 0.2) is 24.3 Å². The van der Waals surface area contributed by atoms with Crippen molar-refractivity contribution in [2.75, 3.05) is 18.4 Å². The fourth-order valence-corrected chi connectivity index (χ4v) is 3.36. The molecule has 4 nitrogen and oxygen atoms in total. The molecule has 1 rings (SSSR count). The van der Waals surface area contributed by atoms with Gasteiger partial charge in [-0.2, -0.15) is 13.2 Å². The molecule has 0 aromatic heterocycles. The first kappa shape index (κ1) is 23.8. The molecule has 3 unspecified atom stereocenters. The van der Waals surface area contributed by atoms with Gasteiger partial charge in [0.05, 0.1) is 10.3 Å². The molecule has 0 amide bonds. The molecule has 2 N–H and O–H groups in total. The second-order valence-corrected chi connectivity index (χ2v) is 10.8. The summed E-state index contributed by atoms with van der Waals surface area (Å²) in [5, 5.41) is 3.15. The van der Waals surface area contributed by atoms with Crippen molar-refractivity contribution in [2.45, 2.75) is 52.5 Å². The average Bonchev–Trinajstić information content (AvgIpc) is 2.55. The first-order valence-electron chi connectivity index (χ1n) is 9.05. The largest absolute Gasteiger partial charge is 0.416 e. The van der Waals surface area contributed by atoms with E-state index in [0.717, 1.165) is 12.1 Å². The van der Waals surface area contributed by atoms with Crippen LogP contribution in [0.5, 0.6) is 0 Å². The van der Waals surface area contributed by atoms with Crippen LogP contribution in [0.25, 0.3) is 0 Å². The summed E-state index contributed by atoms with van der Waals surface area (Å²) >= 11 is 0. The molecule has 8 heteroatoms. The number of hydrogen-bond donors (Lipinski definition) is 2. The monoisotopic (exact) mass is 408 g/mol. The highest BCUT2D eigenvalue weighted by Crippen LogP contribution is 2.30. The van der Waals surface area contributed by atoms with Gasteiger partial charge >= 0.3 is 6.18 Å². The lowest BCUT2D eigenvalue weighted by atomic mass is 9.85. The third-order valence-electron chi connectivity index (χ3n) is 5.04. The smallest absolute Gasteiger partial charge is 0.385 e. The van der Waals surface area contributed by atoms with Crippen molar-refractivity contribution in [1.82, 2.24) is 4.72 Å². The number of halogens is 3. The fraction of sp³-hybridized carbons (Fsp3) is 0.684. The molecule has 0 aliphatic rings. The van der Waals surface area contributed by atoms with Crippen molar-refractivity contribution in [3.8, 4) is 0 Å². The molecule has 0 fully saturated rings. The number of benzene rings is 1. The predicted molar refractivity (Wildman–Crippen MR) is 104 cm³/mol. The Morgan fingerprint density at radius 2 is 1.41 bits per heavy atom. The highest BCUT2D eigenvalue weighted by atomic mass is 32.2. The number of hydrogen-bond acceptors (Lipinski definition) is 3. The number of nitrogens with one attached hydrogen (secondary N) is 2. The van der Waals surface area contributed by atoms with Crippen LogP contribution < -0.4 is 10.0 Å². The minimum atomic E-state index is -4.34. The predicted octanol–water partition coefficient (Wildman–Crippen LogP) is 4.74. The highest BCUT2D eigenvalue weighted by molar-refractivity contribution is 7.90. The Labute approximate surface area is 161 Å². The fourth-order valence-electron chi connectivity index (χ4n) is 2.45. The number of alkyl halides is 3. The molecule has 1 aromatic carbocycles. The zero-order chi connectivity index (χ0) is 21.0. The van der Waals surface area contributed by atoms with Gasteiger partial charge in [-0.25, -0.2) is 13.1 Å². The summed E-state index contributed by atoms with van der Waals surface area (Å²) in [6.45, 7) is 12.0. The minimum Gasteiger partial charge on any atom is -0.385 e. The van der Waals surface area contributed by atoms with Gasteiger partial charge in [0.15, 0.2) is 0 Å². The van der Waals surface area contributed by atoms with Crippen molar-refractivity contribution in [3.05, 3.63) is 29.8 Å². The van der Waals surface area contributed by atoms with E-state index in [9.17, 15) is 21.6 Å². The Kier molecular flexibility index (Phi) is 7.76. The molecule has 0 saturated heterocycles. The van der Waals surface area contributed by atoms with Gasteiger partial charge < -0.3 is 5.32 Å². The van der Waals surface area contributed by atoms with E-state index in [1.54, 1.807) is 20.8 Å². The van der Waals surface area contributed by atoms with Gasteiger partial charge in [0, 0.05) is 18.8 Å². The second kappa shape index (κ2) is 8.82. The molecule has 0 radical (unpaired) electrons. The van der Waals surface area contributed by atoms with E-state index in [4.69, 9.17) is 0 Å². The zero-order valence-electron chi connectivity index (χ0n) is 16.8. The van der Waals surface area contributed by atoms with Crippen LogP contribution in [0.4, 0.5) is 18.9 Å². The van der Waals surface area contributed by atoms with E-state index in [1.807, 2.05) is 13.8 Å². The molecule has 0 saturated carbocycles. The van der Waals surface area contributed by atoms with Gasteiger partial charge in [0.25, 0.3) is 0 Å². The van der Waals surface area contributed by atoms with E-state index >= 15 is 0 Å². The summed E-state index contributed by atoms with van der Waals surface area (Å²) in [7, 11) is -3.38. The molecule has 1 aromatic rings. The average molecular weight is 409 g/mol. The maximum absolute atomic E-state index is 12.6. The Morgan fingerprint density at radius 3 is 1.85 bits per heavy atom. The molecule has 0 aliphatic carbocycles. The zero-order valence-corrected chi connectivity index (χ0v) is 17.6. The van der Waals surface area contributed by atoms with Crippen molar-refractivity contribution in [1.29, 1.82) is 0 Å². The summed E-state index contributed by atoms with van der Waals surface area (Å²) in [5.41, 5.74) is -0.0441. The summed E-state index contributed by atoms with van der Waals surface area (Å²) in [4.78, 5) is 0. The number of anilines is 1. The lowest BCUT2D eigenvalue weighted by Gasteiger charge is -2.28. The van der Waals surface area contributed by atoms with Crippen LogP contribution in [-0.4, -0.2) is 26.3 Å². The lowest BCUT2D eigenvalue weighted by Crippen LogP contribution is -2.42. The highest BCUT2D eigenvalue weighted by Gasteiger charge is 2.31. The maximum Gasteiger partial charge on any atom is 0.416 e. The van der Waals surface area contributed by atoms with Gasteiger partial charge in [0.1, 0.15) is 0 Å². The Bertz CT molecular complexity index is 695. The van der Waals surface area contributed by atoms with Gasteiger partial charge in [0.2, 0.25) is 10.0 Å². The summed E-state index contributed by atoms with van der Waals surface area (Å²) in [6.07, 6.45) is -4.34. The molecule has 0 bridgehead atoms. The Balaban J connectivity index is 2.55. The molecular weight excluding hydrogens is 377 g/mol. The molecule has 0 spiro atoms. The van der Waals surface area contributed by atoms with E-state index in [2.05, 4.69) is 17.0 Å². The third kappa shape index (κ3) is 6.99. The number of rotatable bonds is 8. The summed E-state index contributed by atoms with van der Waals surface area (Å²) < 4.78 is 63.9. The Hall–Kier alpha value is -1.28. The van der Waals surface area contributed by atoms with E-state index in [-0.39, 0.29) is 17.8 Å². The summed E-state index contributed by atoms with van der Waals surface area (Å²) in [6, 6.07) is 4.95. The molecule has 156 valence electrons. The standard InChI is InChI=1S/C19H31F3N2O2S/c1-13(11-23-17-9-7-16(8-10-17)19(20,21)22)15(3)14(2)12-24-27(25,26)18(4,5)6/h7-10,13-15,23-24H,11-12H2,1-6H3. The van der Waals surface area contributed by atoms with Crippen LogP contribution in [0.1, 0.15) is 47.1 Å². The van der Waals surface area contributed by atoms with E-state index in [1.165, 1.54) is 12.1 Å². The molecule has 0 aliphatic heterocycles. The van der Waals surface area contributed by atoms with Crippen LogP contribution in [0.3, 0.4) is 0 Å². The van der Waals surface area contributed by atoms with Crippen LogP contribution >= 0.6 is 0 Å². The first-order chi connectivity index (χ1) is 12.1. The van der Waals surface area contributed by atoms with Crippen LogP contribution in [0.2, 0.25) is 0 Å². The normalized spacial score (nSPS) is 16.6. The first-order valence-corrected chi connectivity index (χ1v) is 10.5. The van der Waals surface area contributed by atoms with Gasteiger partial charge in [-0.05, 0) is 62.8 Å². The Morgan fingerprint density at radius 1 is 0.926 bits per heavy atom. The van der Waals surface area contributed by atoms with Crippen molar-refractivity contribution >= 4 is 15.7 Å². The lowest BCUT2D eigenvalue weighted by molar-refractivity contribution is -0.137. The topological polar surface area (TPSA) is 58.2 Å². The SMILES string of the molecule is CC(CNc1ccc(C(F)(F)F)cc1)C(C)C(C)CNS(=O)(=O)C(C)(C)C. The van der Waals surface area contributed by atoms with Crippen LogP contribution in [0, 0.1) is 17.8 Å². The van der Waals surface area contributed by atoms with Gasteiger partial charge in [-0.15, -0.1) is 0 Å². The van der Waals surface area contributed by atoms with E-state index in [0.29, 0.717) is 18.8 Å². The quantitative estimate of drug-likeness (QED) is 0.653. The maximum atomic E-state index is 12.6. The molecule has 27 heavy (non-hydrogen) atoms. The number of sulfonamides is 1. The van der Waals surface area contributed by atoms with Crippen LogP contribution in [-0.2, 0) is 16.2 Å². The third-order valence-corrected chi connectivity index (χ3v) is 7.20. The van der Waals surface area contributed by atoms with E-state index < -0.39 is 26.5 Å². The minimum absolute atomic E-state index is 0.117. The molecule has 0 heterocycles. The second-order valence-electron chi connectivity index (χ2n) is 8.23. The molecular formula is C19H31F3N2O2S. The van der Waals surface area contributed by atoms with Crippen molar-refractivity contribution in [2.24, 2.45) is 17.8 Å². The van der Waals surface area contributed by atoms with Crippen molar-refractivity contribution in [3.63, 3.8) is 0 Å². The van der Waals surface area contributed by atoms with Gasteiger partial charge in [-0.3, -0.25) is 0 Å². The van der Waals surface area contributed by atoms with Crippen molar-refractivity contribution < 1.29 is 21.6 Å². The van der Waals surface area contributed by atoms with Gasteiger partial charge in [-0.1, -0.05) is 20.8 Å². The summed E-state index contributed by atoms with van der Waals surface area (Å²) in [5.74, 6) is 0.544. The molecule has 3 atom stereocenters.